The fourth-order valence-corrected chi connectivity index (χ4v) is 3.94. The maximum Gasteiger partial charge on any atom is 0.407 e. The average molecular weight is 463 g/mol. The molecule has 0 saturated heterocycles. The van der Waals surface area contributed by atoms with E-state index in [0.717, 1.165) is 30.4 Å². The van der Waals surface area contributed by atoms with Gasteiger partial charge in [-0.05, 0) is 75.8 Å². The molecular formula is C24H32F2N4O3. The van der Waals surface area contributed by atoms with Crippen molar-refractivity contribution >= 4 is 17.7 Å². The van der Waals surface area contributed by atoms with Gasteiger partial charge in [0.2, 0.25) is 0 Å². The van der Waals surface area contributed by atoms with Crippen LogP contribution in [0.15, 0.2) is 24.3 Å². The summed E-state index contributed by atoms with van der Waals surface area (Å²) in [5.74, 6) is -0.430. The number of hydrogen-bond donors (Lipinski definition) is 2. The Bertz CT molecular complexity index is 998. The summed E-state index contributed by atoms with van der Waals surface area (Å²) in [6.07, 6.45) is 0.584. The van der Waals surface area contributed by atoms with E-state index >= 15 is 0 Å². The van der Waals surface area contributed by atoms with Gasteiger partial charge in [0.25, 0.3) is 12.3 Å². The Morgan fingerprint density at radius 3 is 2.67 bits per heavy atom. The number of rotatable bonds is 7. The van der Waals surface area contributed by atoms with Gasteiger partial charge in [-0.1, -0.05) is 19.4 Å². The molecule has 3 rings (SSSR count). The minimum Gasteiger partial charge on any atom is -0.444 e. The van der Waals surface area contributed by atoms with E-state index in [2.05, 4.69) is 15.7 Å². The van der Waals surface area contributed by atoms with Gasteiger partial charge in [-0.25, -0.2) is 13.6 Å². The van der Waals surface area contributed by atoms with E-state index in [-0.39, 0.29) is 11.7 Å². The Kier molecular flexibility index (Phi) is 7.71. The molecule has 33 heavy (non-hydrogen) atoms. The van der Waals surface area contributed by atoms with Gasteiger partial charge < -0.3 is 15.4 Å². The summed E-state index contributed by atoms with van der Waals surface area (Å²) in [6, 6.07) is 7.22. The number of aromatic nitrogens is 2. The number of alkyl carbamates (subject to hydrolysis) is 1. The van der Waals surface area contributed by atoms with Crippen molar-refractivity contribution in [2.24, 2.45) is 0 Å². The number of benzene rings is 1. The number of nitrogens with one attached hydrogen (secondary N) is 2. The minimum absolute atomic E-state index is 0.0106. The van der Waals surface area contributed by atoms with Crippen molar-refractivity contribution in [1.29, 1.82) is 0 Å². The molecule has 2 N–H and O–H groups in total. The number of nitrogens with zero attached hydrogens (tertiary/aromatic N) is 2. The van der Waals surface area contributed by atoms with Gasteiger partial charge in [0.15, 0.2) is 5.69 Å². The quantitative estimate of drug-likeness (QED) is 0.623. The van der Waals surface area contributed by atoms with Gasteiger partial charge in [0.05, 0.1) is 0 Å². The zero-order valence-corrected chi connectivity index (χ0v) is 19.6. The summed E-state index contributed by atoms with van der Waals surface area (Å²) in [7, 11) is 0. The predicted molar refractivity (Wildman–Crippen MR) is 122 cm³/mol. The van der Waals surface area contributed by atoms with Crippen molar-refractivity contribution in [2.45, 2.75) is 84.4 Å². The summed E-state index contributed by atoms with van der Waals surface area (Å²) in [6.45, 7) is 6.89. The molecule has 0 bridgehead atoms. The predicted octanol–water partition coefficient (Wildman–Crippen LogP) is 4.74. The fourth-order valence-electron chi connectivity index (χ4n) is 3.94. The van der Waals surface area contributed by atoms with E-state index in [4.69, 9.17) is 4.74 Å². The van der Waals surface area contributed by atoms with Crippen LogP contribution in [0.25, 0.3) is 0 Å². The molecule has 9 heteroatoms. The number of aryl methyl sites for hydroxylation is 2. The van der Waals surface area contributed by atoms with Crippen LogP contribution in [-0.4, -0.2) is 39.8 Å². The Balaban J connectivity index is 1.64. The van der Waals surface area contributed by atoms with E-state index in [1.807, 2.05) is 39.8 Å². The summed E-state index contributed by atoms with van der Waals surface area (Å²) >= 11 is 0. The normalized spacial score (nSPS) is 15.8. The standard InChI is InChI=1S/C24H32F2N4O3/c1-5-6-19-13-20(29-30(19)14-21(25)26)22(31)27-17-9-7-16-12-18(10-8-15(16)11-17)28-23(32)33-24(2,3)4/h7,9,11,13,18,21H,5-6,8,10,12,14H2,1-4H3,(H,27,31)(H,28,32). The summed E-state index contributed by atoms with van der Waals surface area (Å²) < 4.78 is 32.2. The van der Waals surface area contributed by atoms with Gasteiger partial charge in [-0.2, -0.15) is 5.10 Å². The first-order valence-electron chi connectivity index (χ1n) is 11.3. The number of anilines is 1. The number of fused-ring (bicyclic) bond motifs is 1. The zero-order chi connectivity index (χ0) is 24.2. The lowest BCUT2D eigenvalue weighted by molar-refractivity contribution is 0.0500. The van der Waals surface area contributed by atoms with Crippen molar-refractivity contribution in [3.05, 3.63) is 46.8 Å². The number of amides is 2. The average Bonchev–Trinajstić information content (AvgIpc) is 3.09. The first-order chi connectivity index (χ1) is 15.5. The lowest BCUT2D eigenvalue weighted by Crippen LogP contribution is -2.41. The van der Waals surface area contributed by atoms with Crippen LogP contribution < -0.4 is 10.6 Å². The fraction of sp³-hybridized carbons (Fsp3) is 0.542. The first-order valence-corrected chi connectivity index (χ1v) is 11.3. The van der Waals surface area contributed by atoms with E-state index < -0.39 is 30.6 Å². The Labute approximate surface area is 192 Å². The topological polar surface area (TPSA) is 85.2 Å². The Morgan fingerprint density at radius 1 is 1.24 bits per heavy atom. The van der Waals surface area contributed by atoms with Crippen molar-refractivity contribution in [1.82, 2.24) is 15.1 Å². The second-order valence-corrected chi connectivity index (χ2v) is 9.37. The van der Waals surface area contributed by atoms with Crippen molar-refractivity contribution < 1.29 is 23.1 Å². The molecule has 1 aliphatic rings. The number of carbonyl (C=O) groups excluding carboxylic acids is 2. The molecule has 0 aliphatic heterocycles. The third-order valence-electron chi connectivity index (χ3n) is 5.33. The summed E-state index contributed by atoms with van der Waals surface area (Å²) in [5.41, 5.74) is 3.03. The molecule has 7 nitrogen and oxygen atoms in total. The lowest BCUT2D eigenvalue weighted by atomic mass is 9.88. The number of halogens is 2. The van der Waals surface area contributed by atoms with Gasteiger partial charge in [0, 0.05) is 17.4 Å². The highest BCUT2D eigenvalue weighted by Gasteiger charge is 2.24. The van der Waals surface area contributed by atoms with Crippen LogP contribution in [0.2, 0.25) is 0 Å². The first kappa shape index (κ1) is 24.7. The van der Waals surface area contributed by atoms with E-state index in [9.17, 15) is 18.4 Å². The van der Waals surface area contributed by atoms with Gasteiger partial charge in [0.1, 0.15) is 12.1 Å². The molecule has 0 radical (unpaired) electrons. The molecule has 2 aromatic rings. The molecule has 0 saturated carbocycles. The van der Waals surface area contributed by atoms with Crippen molar-refractivity contribution in [2.75, 3.05) is 5.32 Å². The monoisotopic (exact) mass is 462 g/mol. The Hall–Kier alpha value is -2.97. The molecule has 180 valence electrons. The van der Waals surface area contributed by atoms with Gasteiger partial charge in [-0.3, -0.25) is 9.48 Å². The highest BCUT2D eigenvalue weighted by molar-refractivity contribution is 6.03. The maximum atomic E-state index is 12.8. The third kappa shape index (κ3) is 7.00. The molecule has 0 fully saturated rings. The van der Waals surface area contributed by atoms with Crippen LogP contribution >= 0.6 is 0 Å². The molecule has 1 aliphatic carbocycles. The largest absolute Gasteiger partial charge is 0.444 e. The molecule has 1 heterocycles. The molecule has 1 aromatic carbocycles. The molecule has 0 spiro atoms. The third-order valence-corrected chi connectivity index (χ3v) is 5.33. The second-order valence-electron chi connectivity index (χ2n) is 9.37. The highest BCUT2D eigenvalue weighted by atomic mass is 19.3. The number of alkyl halides is 2. The number of hydrogen-bond acceptors (Lipinski definition) is 4. The molecule has 1 atom stereocenters. The molecule has 1 unspecified atom stereocenters. The lowest BCUT2D eigenvalue weighted by Gasteiger charge is -2.27. The van der Waals surface area contributed by atoms with Gasteiger partial charge >= 0.3 is 6.09 Å². The van der Waals surface area contributed by atoms with Crippen LogP contribution in [-0.2, 0) is 30.5 Å². The van der Waals surface area contributed by atoms with Crippen LogP contribution in [0.4, 0.5) is 19.3 Å². The van der Waals surface area contributed by atoms with Crippen LogP contribution in [0.5, 0.6) is 0 Å². The van der Waals surface area contributed by atoms with Crippen molar-refractivity contribution in [3.63, 3.8) is 0 Å². The molecule has 1 aromatic heterocycles. The summed E-state index contributed by atoms with van der Waals surface area (Å²) in [5, 5.41) is 9.83. The van der Waals surface area contributed by atoms with Crippen LogP contribution in [0.3, 0.4) is 0 Å². The Morgan fingerprint density at radius 2 is 2.00 bits per heavy atom. The van der Waals surface area contributed by atoms with Crippen LogP contribution in [0.1, 0.15) is 67.8 Å². The van der Waals surface area contributed by atoms with Crippen molar-refractivity contribution in [3.8, 4) is 0 Å². The van der Waals surface area contributed by atoms with E-state index in [0.29, 0.717) is 24.2 Å². The highest BCUT2D eigenvalue weighted by Crippen LogP contribution is 2.25. The second kappa shape index (κ2) is 10.3. The van der Waals surface area contributed by atoms with E-state index in [1.54, 1.807) is 12.1 Å². The smallest absolute Gasteiger partial charge is 0.407 e. The van der Waals surface area contributed by atoms with E-state index in [1.165, 1.54) is 4.68 Å². The number of carbonyl (C=O) groups is 2. The molecular weight excluding hydrogens is 430 g/mol. The van der Waals surface area contributed by atoms with Crippen LogP contribution in [0, 0.1) is 0 Å². The summed E-state index contributed by atoms with van der Waals surface area (Å²) in [4.78, 5) is 24.7. The zero-order valence-electron chi connectivity index (χ0n) is 19.6. The maximum absolute atomic E-state index is 12.8. The number of ether oxygens (including phenoxy) is 1. The SMILES string of the molecule is CCCc1cc(C(=O)Nc2ccc3c(c2)CCC(NC(=O)OC(C)(C)C)C3)nn1CC(F)F. The molecule has 2 amide bonds. The minimum atomic E-state index is -2.54. The van der Waals surface area contributed by atoms with Gasteiger partial charge in [-0.15, -0.1) is 0 Å².